The largest absolute Gasteiger partial charge is 0.444 e. The highest BCUT2D eigenvalue weighted by atomic mass is 16.6. The molecule has 2 fully saturated rings. The maximum absolute atomic E-state index is 12.6. The first-order valence-corrected chi connectivity index (χ1v) is 12.7. The zero-order chi connectivity index (χ0) is 24.4. The molecule has 1 atom stereocenters. The van der Waals surface area contributed by atoms with Crippen molar-refractivity contribution in [3.05, 3.63) is 30.9 Å². The van der Waals surface area contributed by atoms with Crippen molar-refractivity contribution in [1.29, 1.82) is 0 Å². The van der Waals surface area contributed by atoms with Gasteiger partial charge >= 0.3 is 6.09 Å². The van der Waals surface area contributed by atoms with Gasteiger partial charge in [-0.15, -0.1) is 0 Å². The molecular weight excluding hydrogens is 442 g/mol. The minimum absolute atomic E-state index is 0.238. The van der Waals surface area contributed by atoms with Gasteiger partial charge in [0.05, 0.1) is 23.4 Å². The van der Waals surface area contributed by atoms with Crippen molar-refractivity contribution in [3.63, 3.8) is 0 Å². The first-order chi connectivity index (χ1) is 16.9. The first-order valence-electron chi connectivity index (χ1n) is 12.7. The molecule has 1 aliphatic heterocycles. The van der Waals surface area contributed by atoms with Gasteiger partial charge in [-0.2, -0.15) is 5.10 Å². The van der Waals surface area contributed by atoms with Crippen molar-refractivity contribution < 1.29 is 9.53 Å². The second kappa shape index (κ2) is 9.79. The Morgan fingerprint density at radius 3 is 2.74 bits per heavy atom. The number of pyridine rings is 1. The molecule has 9 nitrogen and oxygen atoms in total. The highest BCUT2D eigenvalue weighted by Gasteiger charge is 2.28. The van der Waals surface area contributed by atoms with Crippen LogP contribution in [0.2, 0.25) is 0 Å². The number of nitrogens with zero attached hydrogens (tertiary/aromatic N) is 6. The normalized spacial score (nSPS) is 19.3. The summed E-state index contributed by atoms with van der Waals surface area (Å²) in [5.74, 6) is 1.02. The number of hydrogen-bond acceptors (Lipinski definition) is 7. The number of carbonyl (C=O) groups excluding carboxylic acids is 1. The minimum Gasteiger partial charge on any atom is -0.444 e. The molecule has 35 heavy (non-hydrogen) atoms. The van der Waals surface area contributed by atoms with E-state index in [0.717, 1.165) is 41.7 Å². The Hall–Kier alpha value is -3.23. The lowest BCUT2D eigenvalue weighted by Gasteiger charge is -2.34. The van der Waals surface area contributed by atoms with Crippen LogP contribution in [0.4, 0.5) is 10.6 Å². The summed E-state index contributed by atoms with van der Waals surface area (Å²) < 4.78 is 7.67. The predicted octanol–water partition coefficient (Wildman–Crippen LogP) is 5.06. The Kier molecular flexibility index (Phi) is 6.58. The summed E-state index contributed by atoms with van der Waals surface area (Å²) in [6, 6.07) is 2.47. The fraction of sp³-hybridized carbons (Fsp3) is 0.577. The Bertz CT molecular complexity index is 1180. The Labute approximate surface area is 206 Å². The van der Waals surface area contributed by atoms with Crippen LogP contribution in [-0.4, -0.2) is 61.0 Å². The molecule has 3 aromatic heterocycles. The van der Waals surface area contributed by atoms with Crippen LogP contribution in [0.25, 0.3) is 22.3 Å². The maximum atomic E-state index is 12.6. The van der Waals surface area contributed by atoms with Crippen molar-refractivity contribution >= 4 is 22.9 Å². The molecule has 1 saturated heterocycles. The fourth-order valence-electron chi connectivity index (χ4n) is 5.05. The van der Waals surface area contributed by atoms with Crippen LogP contribution in [0.1, 0.15) is 65.3 Å². The second-order valence-electron chi connectivity index (χ2n) is 10.7. The molecule has 186 valence electrons. The van der Waals surface area contributed by atoms with Gasteiger partial charge in [0.15, 0.2) is 5.82 Å². The SMILES string of the molecule is CC(C)(C)OC(=O)N1CCC[C@H](CNc2nc(-c3cnn(C4CCCC4)c3)cc3nccnc23)C1. The van der Waals surface area contributed by atoms with Crippen molar-refractivity contribution in [1.82, 2.24) is 29.6 Å². The Morgan fingerprint density at radius 2 is 1.94 bits per heavy atom. The third kappa shape index (κ3) is 5.55. The average molecular weight is 478 g/mol. The standard InChI is InChI=1S/C26H35N7O2/c1-26(2,3)35-25(34)32-12-6-7-18(16-32)14-29-24-23-22(27-10-11-28-23)13-21(31-24)19-15-30-33(17-19)20-8-4-5-9-20/h10-11,13,15,17-18,20H,4-9,12,14,16H2,1-3H3,(H,29,31)/t18-/m1/s1. The number of hydrogen-bond donors (Lipinski definition) is 1. The van der Waals surface area contributed by atoms with Crippen LogP contribution in [0, 0.1) is 5.92 Å². The van der Waals surface area contributed by atoms with Crippen LogP contribution in [0.15, 0.2) is 30.9 Å². The molecule has 2 aliphatic rings. The summed E-state index contributed by atoms with van der Waals surface area (Å²) in [7, 11) is 0. The molecule has 1 amide bonds. The first kappa shape index (κ1) is 23.5. The van der Waals surface area contributed by atoms with Crippen molar-refractivity contribution in [2.75, 3.05) is 25.0 Å². The van der Waals surface area contributed by atoms with E-state index in [0.29, 0.717) is 30.9 Å². The van der Waals surface area contributed by atoms with E-state index in [-0.39, 0.29) is 6.09 Å². The van der Waals surface area contributed by atoms with E-state index in [1.54, 1.807) is 12.4 Å². The molecule has 4 heterocycles. The van der Waals surface area contributed by atoms with Gasteiger partial charge < -0.3 is 15.0 Å². The van der Waals surface area contributed by atoms with E-state index in [1.165, 1.54) is 25.7 Å². The molecule has 0 bridgehead atoms. The molecule has 1 N–H and O–H groups in total. The summed E-state index contributed by atoms with van der Waals surface area (Å²) >= 11 is 0. The van der Waals surface area contributed by atoms with Gasteiger partial charge in [0.1, 0.15) is 11.1 Å². The highest BCUT2D eigenvalue weighted by Crippen LogP contribution is 2.31. The van der Waals surface area contributed by atoms with Crippen LogP contribution in [0.3, 0.4) is 0 Å². The van der Waals surface area contributed by atoms with Gasteiger partial charge in [-0.05, 0) is 58.4 Å². The zero-order valence-corrected chi connectivity index (χ0v) is 20.9. The van der Waals surface area contributed by atoms with Crippen molar-refractivity contribution in [3.8, 4) is 11.3 Å². The number of fused-ring (bicyclic) bond motifs is 1. The minimum atomic E-state index is -0.490. The van der Waals surface area contributed by atoms with Crippen LogP contribution >= 0.6 is 0 Å². The summed E-state index contributed by atoms with van der Waals surface area (Å²) in [4.78, 5) is 28.4. The van der Waals surface area contributed by atoms with Gasteiger partial charge in [0, 0.05) is 43.8 Å². The number of carbonyl (C=O) groups is 1. The van der Waals surface area contributed by atoms with E-state index in [2.05, 4.69) is 31.3 Å². The van der Waals surface area contributed by atoms with E-state index in [4.69, 9.17) is 9.72 Å². The third-order valence-electron chi connectivity index (χ3n) is 6.78. The molecule has 0 spiro atoms. The Balaban J connectivity index is 1.32. The van der Waals surface area contributed by atoms with Crippen LogP contribution in [-0.2, 0) is 4.74 Å². The quantitative estimate of drug-likeness (QED) is 0.548. The number of likely N-dealkylation sites (tertiary alicyclic amines) is 1. The van der Waals surface area contributed by atoms with E-state index in [9.17, 15) is 4.79 Å². The van der Waals surface area contributed by atoms with Crippen LogP contribution in [0.5, 0.6) is 0 Å². The molecule has 3 aromatic rings. The maximum Gasteiger partial charge on any atom is 0.410 e. The van der Waals surface area contributed by atoms with Crippen molar-refractivity contribution in [2.24, 2.45) is 5.92 Å². The molecule has 0 radical (unpaired) electrons. The van der Waals surface area contributed by atoms with Gasteiger partial charge in [-0.1, -0.05) is 12.8 Å². The van der Waals surface area contributed by atoms with Crippen molar-refractivity contribution in [2.45, 2.75) is 70.9 Å². The van der Waals surface area contributed by atoms with Gasteiger partial charge in [0.25, 0.3) is 0 Å². The predicted molar refractivity (Wildman–Crippen MR) is 135 cm³/mol. The number of ether oxygens (including phenoxy) is 1. The van der Waals surface area contributed by atoms with Gasteiger partial charge in [0.2, 0.25) is 0 Å². The molecule has 9 heteroatoms. The summed E-state index contributed by atoms with van der Waals surface area (Å²) in [5.41, 5.74) is 2.88. The number of aromatic nitrogens is 5. The topological polar surface area (TPSA) is 98.1 Å². The zero-order valence-electron chi connectivity index (χ0n) is 20.9. The summed E-state index contributed by atoms with van der Waals surface area (Å²) in [5, 5.41) is 8.14. The molecule has 0 aromatic carbocycles. The highest BCUT2D eigenvalue weighted by molar-refractivity contribution is 5.88. The second-order valence-corrected chi connectivity index (χ2v) is 10.7. The molecule has 0 unspecified atom stereocenters. The summed E-state index contributed by atoms with van der Waals surface area (Å²) in [6.07, 6.45) is 14.1. The van der Waals surface area contributed by atoms with Crippen LogP contribution < -0.4 is 5.32 Å². The van der Waals surface area contributed by atoms with E-state index < -0.39 is 5.60 Å². The van der Waals surface area contributed by atoms with Gasteiger partial charge in [-0.3, -0.25) is 9.67 Å². The molecule has 1 saturated carbocycles. The average Bonchev–Trinajstić information content (AvgIpc) is 3.54. The number of nitrogens with one attached hydrogen (secondary N) is 1. The lowest BCUT2D eigenvalue weighted by atomic mass is 9.98. The van der Waals surface area contributed by atoms with E-state index >= 15 is 0 Å². The van der Waals surface area contributed by atoms with Gasteiger partial charge in [-0.25, -0.2) is 14.8 Å². The summed E-state index contributed by atoms with van der Waals surface area (Å²) in [6.45, 7) is 7.79. The fourth-order valence-corrected chi connectivity index (χ4v) is 5.05. The Morgan fingerprint density at radius 1 is 1.14 bits per heavy atom. The third-order valence-corrected chi connectivity index (χ3v) is 6.78. The molecular formula is C26H35N7O2. The molecule has 5 rings (SSSR count). The van der Waals surface area contributed by atoms with E-state index in [1.807, 2.05) is 37.9 Å². The monoisotopic (exact) mass is 477 g/mol. The smallest absolute Gasteiger partial charge is 0.410 e. The number of piperidine rings is 1. The molecule has 1 aliphatic carbocycles. The lowest BCUT2D eigenvalue weighted by molar-refractivity contribution is 0.0172. The number of anilines is 1. The lowest BCUT2D eigenvalue weighted by Crippen LogP contribution is -2.44. The number of amides is 1. The number of rotatable bonds is 5.